The Bertz CT molecular complexity index is 330. The molecule has 1 aliphatic carbocycles. The van der Waals surface area contributed by atoms with Gasteiger partial charge in [-0.2, -0.15) is 0 Å². The van der Waals surface area contributed by atoms with Gasteiger partial charge in [-0.15, -0.1) is 0 Å². The van der Waals surface area contributed by atoms with Crippen LogP contribution in [0.3, 0.4) is 0 Å². The molecule has 2 rings (SSSR count). The third kappa shape index (κ3) is 4.02. The number of ether oxygens (including phenoxy) is 2. The lowest BCUT2D eigenvalue weighted by Crippen LogP contribution is -2.07. The Morgan fingerprint density at radius 3 is 2.59 bits per heavy atom. The minimum Gasteiger partial charge on any atom is -0.490 e. The summed E-state index contributed by atoms with van der Waals surface area (Å²) in [6.07, 6.45) is 3.17. The number of hydrogen-bond donors (Lipinski definition) is 1. The number of benzene rings is 1. The van der Waals surface area contributed by atoms with Crippen LogP contribution < -0.4 is 4.74 Å². The van der Waals surface area contributed by atoms with E-state index < -0.39 is 6.10 Å². The molecule has 1 aromatic carbocycles. The molecule has 1 aromatic rings. The molecule has 3 heteroatoms. The first-order chi connectivity index (χ1) is 8.29. The standard InChI is InChI=1S/C14H20O3/c1-2-9-16-10-14(15)11-3-5-12(6-4-11)17-13-7-8-13/h3-6,13-15H,2,7-10H2,1H3. The zero-order chi connectivity index (χ0) is 12.1. The van der Waals surface area contributed by atoms with Crippen LogP contribution in [-0.4, -0.2) is 24.4 Å². The van der Waals surface area contributed by atoms with Crippen molar-refractivity contribution in [3.05, 3.63) is 29.8 Å². The SMILES string of the molecule is CCCOCC(O)c1ccc(OC2CC2)cc1. The van der Waals surface area contributed by atoms with Gasteiger partial charge in [-0.05, 0) is 37.0 Å². The van der Waals surface area contributed by atoms with Gasteiger partial charge in [-0.25, -0.2) is 0 Å². The van der Waals surface area contributed by atoms with E-state index in [2.05, 4.69) is 6.92 Å². The second-order valence-electron chi connectivity index (χ2n) is 4.48. The summed E-state index contributed by atoms with van der Waals surface area (Å²) in [4.78, 5) is 0. The summed E-state index contributed by atoms with van der Waals surface area (Å²) in [5.74, 6) is 0.887. The van der Waals surface area contributed by atoms with E-state index in [4.69, 9.17) is 9.47 Å². The number of aliphatic hydroxyl groups excluding tert-OH is 1. The van der Waals surface area contributed by atoms with Crippen LogP contribution in [0.1, 0.15) is 37.9 Å². The van der Waals surface area contributed by atoms with Crippen molar-refractivity contribution < 1.29 is 14.6 Å². The second kappa shape index (κ2) is 6.03. The van der Waals surface area contributed by atoms with Crippen molar-refractivity contribution in [3.8, 4) is 5.75 Å². The summed E-state index contributed by atoms with van der Waals surface area (Å²) < 4.78 is 11.0. The van der Waals surface area contributed by atoms with Crippen LogP contribution in [0, 0.1) is 0 Å². The van der Waals surface area contributed by atoms with Gasteiger partial charge in [0.2, 0.25) is 0 Å². The minimum absolute atomic E-state index is 0.358. The van der Waals surface area contributed by atoms with Crippen molar-refractivity contribution in [3.63, 3.8) is 0 Å². The zero-order valence-electron chi connectivity index (χ0n) is 10.3. The van der Waals surface area contributed by atoms with Gasteiger partial charge in [0, 0.05) is 6.61 Å². The number of rotatable bonds is 7. The Morgan fingerprint density at radius 2 is 2.00 bits per heavy atom. The Hall–Kier alpha value is -1.06. The third-order valence-electron chi connectivity index (χ3n) is 2.72. The molecule has 0 saturated heterocycles. The topological polar surface area (TPSA) is 38.7 Å². The molecular formula is C14H20O3. The Labute approximate surface area is 102 Å². The van der Waals surface area contributed by atoms with Gasteiger partial charge < -0.3 is 14.6 Å². The molecule has 1 aliphatic rings. The van der Waals surface area contributed by atoms with Crippen LogP contribution in [0.4, 0.5) is 0 Å². The highest BCUT2D eigenvalue weighted by Crippen LogP contribution is 2.27. The van der Waals surface area contributed by atoms with Crippen LogP contribution in [0.25, 0.3) is 0 Å². The highest BCUT2D eigenvalue weighted by Gasteiger charge is 2.23. The Morgan fingerprint density at radius 1 is 1.29 bits per heavy atom. The first-order valence-electron chi connectivity index (χ1n) is 6.32. The monoisotopic (exact) mass is 236 g/mol. The van der Waals surface area contributed by atoms with Crippen molar-refractivity contribution in [2.24, 2.45) is 0 Å². The van der Waals surface area contributed by atoms with Crippen molar-refractivity contribution in [1.29, 1.82) is 0 Å². The van der Waals surface area contributed by atoms with Crippen molar-refractivity contribution >= 4 is 0 Å². The second-order valence-corrected chi connectivity index (χ2v) is 4.48. The lowest BCUT2D eigenvalue weighted by Gasteiger charge is -2.12. The lowest BCUT2D eigenvalue weighted by molar-refractivity contribution is 0.0363. The maximum absolute atomic E-state index is 9.87. The zero-order valence-corrected chi connectivity index (χ0v) is 10.3. The van der Waals surface area contributed by atoms with Crippen molar-refractivity contribution in [2.45, 2.75) is 38.4 Å². The maximum atomic E-state index is 9.87. The van der Waals surface area contributed by atoms with Gasteiger partial charge in [0.05, 0.1) is 12.7 Å². The molecule has 1 N–H and O–H groups in total. The van der Waals surface area contributed by atoms with Crippen molar-refractivity contribution in [2.75, 3.05) is 13.2 Å². The normalized spacial score (nSPS) is 16.8. The van der Waals surface area contributed by atoms with Crippen LogP contribution in [0.15, 0.2) is 24.3 Å². The highest BCUT2D eigenvalue weighted by atomic mass is 16.5. The van der Waals surface area contributed by atoms with E-state index in [1.165, 1.54) is 0 Å². The van der Waals surface area contributed by atoms with E-state index in [1.807, 2.05) is 24.3 Å². The molecule has 0 spiro atoms. The lowest BCUT2D eigenvalue weighted by atomic mass is 10.1. The largest absolute Gasteiger partial charge is 0.490 e. The molecule has 1 unspecified atom stereocenters. The number of aliphatic hydroxyl groups is 1. The molecule has 0 bridgehead atoms. The molecule has 1 saturated carbocycles. The minimum atomic E-state index is -0.545. The number of hydrogen-bond acceptors (Lipinski definition) is 3. The quantitative estimate of drug-likeness (QED) is 0.740. The van der Waals surface area contributed by atoms with Gasteiger partial charge in [0.25, 0.3) is 0 Å². The van der Waals surface area contributed by atoms with E-state index in [0.29, 0.717) is 19.3 Å². The molecule has 0 aromatic heterocycles. The van der Waals surface area contributed by atoms with Gasteiger partial charge in [0.15, 0.2) is 0 Å². The Balaban J connectivity index is 1.82. The first-order valence-corrected chi connectivity index (χ1v) is 6.32. The molecular weight excluding hydrogens is 216 g/mol. The molecule has 3 nitrogen and oxygen atoms in total. The summed E-state index contributed by atoms with van der Waals surface area (Å²) in [6.45, 7) is 3.10. The van der Waals surface area contributed by atoms with Gasteiger partial charge in [-0.3, -0.25) is 0 Å². The average Bonchev–Trinajstić information content (AvgIpc) is 3.14. The Kier molecular flexibility index (Phi) is 4.40. The molecule has 0 aliphatic heterocycles. The fraction of sp³-hybridized carbons (Fsp3) is 0.571. The van der Waals surface area contributed by atoms with E-state index in [-0.39, 0.29) is 0 Å². The van der Waals surface area contributed by atoms with Crippen LogP contribution in [-0.2, 0) is 4.74 Å². The van der Waals surface area contributed by atoms with E-state index in [9.17, 15) is 5.11 Å². The van der Waals surface area contributed by atoms with E-state index in [1.54, 1.807) is 0 Å². The maximum Gasteiger partial charge on any atom is 0.119 e. The summed E-state index contributed by atoms with van der Waals surface area (Å²) in [5, 5.41) is 9.87. The summed E-state index contributed by atoms with van der Waals surface area (Å²) in [6, 6.07) is 7.63. The smallest absolute Gasteiger partial charge is 0.119 e. The van der Waals surface area contributed by atoms with Crippen LogP contribution >= 0.6 is 0 Å². The van der Waals surface area contributed by atoms with E-state index in [0.717, 1.165) is 30.6 Å². The van der Waals surface area contributed by atoms with Gasteiger partial charge in [0.1, 0.15) is 11.9 Å². The molecule has 0 heterocycles. The van der Waals surface area contributed by atoms with Crippen molar-refractivity contribution in [1.82, 2.24) is 0 Å². The molecule has 1 fully saturated rings. The molecule has 0 amide bonds. The highest BCUT2D eigenvalue weighted by molar-refractivity contribution is 5.29. The summed E-state index contributed by atoms with van der Waals surface area (Å²) in [5.41, 5.74) is 0.879. The van der Waals surface area contributed by atoms with Crippen LogP contribution in [0.5, 0.6) is 5.75 Å². The first kappa shape index (κ1) is 12.4. The van der Waals surface area contributed by atoms with Gasteiger partial charge in [-0.1, -0.05) is 19.1 Å². The predicted molar refractivity (Wildman–Crippen MR) is 66.2 cm³/mol. The molecule has 0 radical (unpaired) electrons. The predicted octanol–water partition coefficient (Wildman–Crippen LogP) is 2.69. The third-order valence-corrected chi connectivity index (χ3v) is 2.72. The van der Waals surface area contributed by atoms with Gasteiger partial charge >= 0.3 is 0 Å². The van der Waals surface area contributed by atoms with E-state index >= 15 is 0 Å². The molecule has 1 atom stereocenters. The fourth-order valence-corrected chi connectivity index (χ4v) is 1.58. The molecule has 17 heavy (non-hydrogen) atoms. The molecule has 94 valence electrons. The average molecular weight is 236 g/mol. The summed E-state index contributed by atoms with van der Waals surface area (Å²) in [7, 11) is 0. The van der Waals surface area contributed by atoms with Crippen LogP contribution in [0.2, 0.25) is 0 Å². The fourth-order valence-electron chi connectivity index (χ4n) is 1.58. The summed E-state index contributed by atoms with van der Waals surface area (Å²) >= 11 is 0.